The number of carbonyl (C=O) groups is 1. The molecule has 2 atom stereocenters. The number of hydrogen-bond donors (Lipinski definition) is 3. The molecular formula is C14H20ClFN2O3S. The average Bonchev–Trinajstić information content (AvgIpc) is 2.33. The third-order valence-corrected chi connectivity index (χ3v) is 5.26. The van der Waals surface area contributed by atoms with Gasteiger partial charge in [0.2, 0.25) is 0 Å². The maximum Gasteiger partial charge on any atom is 0.305 e. The summed E-state index contributed by atoms with van der Waals surface area (Å²) < 4.78 is 28.0. The fourth-order valence-corrected chi connectivity index (χ4v) is 3.10. The van der Waals surface area contributed by atoms with E-state index < -0.39 is 33.4 Å². The Kier molecular flexibility index (Phi) is 5.72. The van der Waals surface area contributed by atoms with E-state index in [0.717, 1.165) is 6.07 Å². The Bertz CT molecular complexity index is 580. The number of rotatable bonds is 5. The molecule has 1 aromatic carbocycles. The molecule has 0 aromatic heterocycles. The van der Waals surface area contributed by atoms with E-state index in [1.54, 1.807) is 27.7 Å². The van der Waals surface area contributed by atoms with Crippen molar-refractivity contribution in [3.8, 4) is 0 Å². The van der Waals surface area contributed by atoms with Gasteiger partial charge < -0.3 is 15.4 Å². The van der Waals surface area contributed by atoms with Crippen molar-refractivity contribution in [2.24, 2.45) is 0 Å². The summed E-state index contributed by atoms with van der Waals surface area (Å²) in [5.41, 5.74) is 4.33. The number of carboxylic acids is 1. The van der Waals surface area contributed by atoms with Crippen LogP contribution in [0.15, 0.2) is 12.1 Å². The van der Waals surface area contributed by atoms with Crippen LogP contribution in [-0.4, -0.2) is 20.4 Å². The van der Waals surface area contributed by atoms with Gasteiger partial charge in [0.05, 0.1) is 22.7 Å². The number of aliphatic carboxylic acids is 1. The predicted molar refractivity (Wildman–Crippen MR) is 86.5 cm³/mol. The minimum absolute atomic E-state index is 0.0813. The van der Waals surface area contributed by atoms with Gasteiger partial charge in [-0.25, -0.2) is 4.39 Å². The number of hydrogen-bond acceptors (Lipinski definition) is 4. The maximum absolute atomic E-state index is 13.5. The van der Waals surface area contributed by atoms with Gasteiger partial charge in [-0.3, -0.25) is 4.79 Å². The monoisotopic (exact) mass is 350 g/mol. The molecule has 0 aliphatic heterocycles. The molecule has 0 spiro atoms. The van der Waals surface area contributed by atoms with Crippen LogP contribution in [0.1, 0.15) is 39.7 Å². The van der Waals surface area contributed by atoms with Gasteiger partial charge in [-0.15, -0.1) is 4.72 Å². The van der Waals surface area contributed by atoms with E-state index in [9.17, 15) is 13.7 Å². The Balaban J connectivity index is 3.34. The minimum atomic E-state index is -1.55. The fourth-order valence-electron chi connectivity index (χ4n) is 1.84. The van der Waals surface area contributed by atoms with Crippen LogP contribution < -0.4 is 10.5 Å². The van der Waals surface area contributed by atoms with Crippen molar-refractivity contribution in [3.05, 3.63) is 28.5 Å². The van der Waals surface area contributed by atoms with Gasteiger partial charge in [-0.1, -0.05) is 17.7 Å². The summed E-state index contributed by atoms with van der Waals surface area (Å²) >= 11 is 4.52. The second-order valence-electron chi connectivity index (χ2n) is 6.21. The summed E-state index contributed by atoms with van der Waals surface area (Å²) in [7, 11) is 0. The first kappa shape index (κ1) is 19.0. The van der Waals surface area contributed by atoms with E-state index in [-0.39, 0.29) is 22.7 Å². The van der Waals surface area contributed by atoms with E-state index in [1.807, 2.05) is 0 Å². The second-order valence-corrected chi connectivity index (χ2v) is 8.55. The van der Waals surface area contributed by atoms with E-state index in [1.165, 1.54) is 6.07 Å². The maximum atomic E-state index is 13.5. The van der Waals surface area contributed by atoms with Crippen molar-refractivity contribution in [2.45, 2.75) is 44.4 Å². The minimum Gasteiger partial charge on any atom is -0.598 e. The van der Waals surface area contributed by atoms with Crippen LogP contribution in [0.3, 0.4) is 0 Å². The lowest BCUT2D eigenvalue weighted by molar-refractivity contribution is -0.138. The van der Waals surface area contributed by atoms with Crippen LogP contribution in [-0.2, 0) is 21.7 Å². The molecule has 1 rings (SSSR count). The van der Waals surface area contributed by atoms with Crippen LogP contribution >= 0.6 is 11.6 Å². The number of anilines is 1. The smallest absolute Gasteiger partial charge is 0.305 e. The molecule has 4 N–H and O–H groups in total. The van der Waals surface area contributed by atoms with Gasteiger partial charge in [-0.05, 0) is 39.3 Å². The summed E-state index contributed by atoms with van der Waals surface area (Å²) in [5, 5.41) is 9.07. The van der Waals surface area contributed by atoms with Gasteiger partial charge in [0.15, 0.2) is 0 Å². The van der Waals surface area contributed by atoms with Crippen molar-refractivity contribution in [3.63, 3.8) is 0 Å². The molecule has 2 unspecified atom stereocenters. The molecule has 0 radical (unpaired) electrons. The van der Waals surface area contributed by atoms with Crippen molar-refractivity contribution >= 4 is 34.6 Å². The quantitative estimate of drug-likeness (QED) is 0.560. The highest BCUT2D eigenvalue weighted by atomic mass is 35.5. The molecule has 0 fully saturated rings. The Morgan fingerprint density at radius 2 is 2.00 bits per heavy atom. The molecule has 1 aromatic rings. The van der Waals surface area contributed by atoms with Gasteiger partial charge in [0.25, 0.3) is 0 Å². The first-order valence-electron chi connectivity index (χ1n) is 6.54. The molecule has 0 saturated carbocycles. The third kappa shape index (κ3) is 4.25. The molecular weight excluding hydrogens is 331 g/mol. The summed E-state index contributed by atoms with van der Waals surface area (Å²) in [6.45, 7) is 6.79. The van der Waals surface area contributed by atoms with E-state index in [0.29, 0.717) is 0 Å². The van der Waals surface area contributed by atoms with Crippen molar-refractivity contribution < 1.29 is 18.8 Å². The largest absolute Gasteiger partial charge is 0.598 e. The van der Waals surface area contributed by atoms with Crippen LogP contribution in [0.2, 0.25) is 5.02 Å². The first-order chi connectivity index (χ1) is 9.88. The molecule has 0 bridgehead atoms. The number of carboxylic acid groups (broad SMARTS) is 1. The van der Waals surface area contributed by atoms with Gasteiger partial charge >= 0.3 is 5.97 Å². The molecule has 0 heterocycles. The highest BCUT2D eigenvalue weighted by molar-refractivity contribution is 7.90. The first-order valence-corrected chi connectivity index (χ1v) is 8.06. The van der Waals surface area contributed by atoms with Crippen LogP contribution in [0.25, 0.3) is 0 Å². The summed E-state index contributed by atoms with van der Waals surface area (Å²) in [4.78, 5) is 11.2. The third-order valence-electron chi connectivity index (χ3n) is 3.10. The average molecular weight is 351 g/mol. The van der Waals surface area contributed by atoms with E-state index >= 15 is 0 Å². The lowest BCUT2D eigenvalue weighted by Crippen LogP contribution is -2.51. The van der Waals surface area contributed by atoms with E-state index in [4.69, 9.17) is 22.4 Å². The summed E-state index contributed by atoms with van der Waals surface area (Å²) in [5.74, 6) is -1.80. The van der Waals surface area contributed by atoms with Gasteiger partial charge in [-0.2, -0.15) is 0 Å². The molecule has 124 valence electrons. The van der Waals surface area contributed by atoms with Crippen LogP contribution in [0.4, 0.5) is 10.1 Å². The Morgan fingerprint density at radius 3 is 2.45 bits per heavy atom. The zero-order chi connectivity index (χ0) is 17.3. The van der Waals surface area contributed by atoms with E-state index in [2.05, 4.69) is 4.72 Å². The predicted octanol–water partition coefficient (Wildman–Crippen LogP) is 2.80. The Hall–Kier alpha value is -1.02. The molecule has 0 aliphatic rings. The van der Waals surface area contributed by atoms with Gasteiger partial charge in [0, 0.05) is 11.4 Å². The Labute approximate surface area is 137 Å². The van der Waals surface area contributed by atoms with Crippen molar-refractivity contribution in [2.75, 3.05) is 5.73 Å². The zero-order valence-corrected chi connectivity index (χ0v) is 14.4. The second kappa shape index (κ2) is 6.62. The van der Waals surface area contributed by atoms with Crippen molar-refractivity contribution in [1.82, 2.24) is 4.72 Å². The topological polar surface area (TPSA) is 98.4 Å². The molecule has 8 heteroatoms. The number of benzene rings is 1. The number of nitrogen functional groups attached to an aromatic ring is 1. The number of nitrogens with two attached hydrogens (primary N) is 1. The number of nitrogens with one attached hydrogen (secondary N) is 1. The standard InChI is InChI=1S/C14H20ClFN2O3S/c1-13(2,3)22(21)18-14(4,7-10(19)20)8-5-6-9(16)12(17)11(8)15/h5-6,18H,7,17H2,1-4H3,(H,19,20). The molecule has 22 heavy (non-hydrogen) atoms. The lowest BCUT2D eigenvalue weighted by atomic mass is 9.89. The van der Waals surface area contributed by atoms with Crippen LogP contribution in [0, 0.1) is 5.82 Å². The normalized spacial score (nSPS) is 16.1. The summed E-state index contributed by atoms with van der Waals surface area (Å²) in [6.07, 6.45) is -0.389. The lowest BCUT2D eigenvalue weighted by Gasteiger charge is -2.35. The zero-order valence-electron chi connectivity index (χ0n) is 12.9. The molecule has 0 amide bonds. The molecule has 5 nitrogen and oxygen atoms in total. The molecule has 0 aliphatic carbocycles. The Morgan fingerprint density at radius 1 is 1.45 bits per heavy atom. The fraction of sp³-hybridized carbons (Fsp3) is 0.500. The van der Waals surface area contributed by atoms with Crippen LogP contribution in [0.5, 0.6) is 0 Å². The van der Waals surface area contributed by atoms with Gasteiger partial charge in [0.1, 0.15) is 10.6 Å². The SMILES string of the molecule is CC(CC(=O)O)(N[S+]([O-])C(C)(C)C)c1ccc(F)c(N)c1Cl. The highest BCUT2D eigenvalue weighted by Crippen LogP contribution is 2.37. The highest BCUT2D eigenvalue weighted by Gasteiger charge is 2.40. The van der Waals surface area contributed by atoms with Crippen molar-refractivity contribution in [1.29, 1.82) is 0 Å². The molecule has 0 saturated heterocycles. The summed E-state index contributed by atoms with van der Waals surface area (Å²) in [6, 6.07) is 2.46. The number of halogens is 2.